The third-order valence-corrected chi connectivity index (χ3v) is 3.09. The van der Waals surface area contributed by atoms with E-state index in [1.54, 1.807) is 0 Å². The van der Waals surface area contributed by atoms with Gasteiger partial charge in [0.15, 0.2) is 0 Å². The number of carbonyl (C=O) groups excluding carboxylic acids is 2. The van der Waals surface area contributed by atoms with Gasteiger partial charge in [0.25, 0.3) is 5.91 Å². The Balaban J connectivity index is 2.85. The molecule has 0 fully saturated rings. The van der Waals surface area contributed by atoms with E-state index >= 15 is 0 Å². The Morgan fingerprint density at radius 3 is 2.57 bits per heavy atom. The maximum absolute atomic E-state index is 12.4. The standard InChI is InChI=1S/C14H18ClNO5/c1-20-8-7-16(6-5-13(18)21-2)14(19)11-4-3-10(15)9-12(11)17/h3-4,9,17H,5-8H2,1-2H3. The molecule has 1 amide bonds. The fourth-order valence-corrected chi connectivity index (χ4v) is 1.87. The Hall–Kier alpha value is -1.79. The average Bonchev–Trinajstić information content (AvgIpc) is 2.46. The molecule has 0 atom stereocenters. The van der Waals surface area contributed by atoms with Crippen LogP contribution in [0.4, 0.5) is 0 Å². The van der Waals surface area contributed by atoms with Crippen molar-refractivity contribution in [2.45, 2.75) is 6.42 Å². The molecule has 0 aromatic heterocycles. The van der Waals surface area contributed by atoms with Crippen LogP contribution in [0.2, 0.25) is 5.02 Å². The summed E-state index contributed by atoms with van der Waals surface area (Å²) in [7, 11) is 2.80. The molecule has 0 bridgehead atoms. The zero-order valence-electron chi connectivity index (χ0n) is 12.0. The predicted octanol–water partition coefficient (Wildman–Crippen LogP) is 1.70. The first-order valence-electron chi connectivity index (χ1n) is 6.33. The van der Waals surface area contributed by atoms with Crippen LogP contribution in [0.15, 0.2) is 18.2 Å². The number of rotatable bonds is 7. The van der Waals surface area contributed by atoms with Crippen molar-refractivity contribution in [3.63, 3.8) is 0 Å². The molecule has 0 aliphatic carbocycles. The van der Waals surface area contributed by atoms with Crippen molar-refractivity contribution in [3.05, 3.63) is 28.8 Å². The molecule has 0 spiro atoms. The number of ether oxygens (including phenoxy) is 2. The fraction of sp³-hybridized carbons (Fsp3) is 0.429. The Bertz CT molecular complexity index is 506. The van der Waals surface area contributed by atoms with E-state index < -0.39 is 11.9 Å². The van der Waals surface area contributed by atoms with Crippen LogP contribution < -0.4 is 0 Å². The van der Waals surface area contributed by atoms with E-state index in [4.69, 9.17) is 16.3 Å². The number of halogens is 1. The number of amides is 1. The van der Waals surface area contributed by atoms with Gasteiger partial charge in [0.2, 0.25) is 0 Å². The normalized spacial score (nSPS) is 10.2. The Labute approximate surface area is 128 Å². The van der Waals surface area contributed by atoms with Crippen molar-refractivity contribution in [2.24, 2.45) is 0 Å². The van der Waals surface area contributed by atoms with Gasteiger partial charge in [-0.1, -0.05) is 11.6 Å². The number of nitrogens with zero attached hydrogens (tertiary/aromatic N) is 1. The molecule has 0 saturated carbocycles. The molecule has 0 heterocycles. The number of phenols is 1. The number of hydrogen-bond acceptors (Lipinski definition) is 5. The highest BCUT2D eigenvalue weighted by molar-refractivity contribution is 6.30. The number of benzene rings is 1. The average molecular weight is 316 g/mol. The summed E-state index contributed by atoms with van der Waals surface area (Å²) in [5.41, 5.74) is 0.125. The number of methoxy groups -OCH3 is 2. The van der Waals surface area contributed by atoms with Gasteiger partial charge in [-0.2, -0.15) is 0 Å². The number of esters is 1. The second-order valence-corrected chi connectivity index (χ2v) is 4.71. The highest BCUT2D eigenvalue weighted by Crippen LogP contribution is 2.23. The first-order chi connectivity index (χ1) is 9.99. The summed E-state index contributed by atoms with van der Waals surface area (Å²) in [5, 5.41) is 10.1. The molecule has 1 N–H and O–H groups in total. The van der Waals surface area contributed by atoms with Crippen molar-refractivity contribution in [1.29, 1.82) is 0 Å². The molecule has 1 aromatic rings. The van der Waals surface area contributed by atoms with E-state index in [-0.39, 0.29) is 24.3 Å². The van der Waals surface area contributed by atoms with Crippen LogP contribution >= 0.6 is 11.6 Å². The maximum Gasteiger partial charge on any atom is 0.307 e. The van der Waals surface area contributed by atoms with Gasteiger partial charge in [-0.3, -0.25) is 9.59 Å². The lowest BCUT2D eigenvalue weighted by Gasteiger charge is -2.22. The first-order valence-corrected chi connectivity index (χ1v) is 6.71. The van der Waals surface area contributed by atoms with Crippen LogP contribution in [0.1, 0.15) is 16.8 Å². The Morgan fingerprint density at radius 1 is 1.29 bits per heavy atom. The molecular weight excluding hydrogens is 298 g/mol. The molecule has 1 aromatic carbocycles. The topological polar surface area (TPSA) is 76.1 Å². The lowest BCUT2D eigenvalue weighted by molar-refractivity contribution is -0.140. The summed E-state index contributed by atoms with van der Waals surface area (Å²) in [6, 6.07) is 4.25. The van der Waals surface area contributed by atoms with Crippen LogP contribution in [0.25, 0.3) is 0 Å². The molecule has 0 aliphatic rings. The van der Waals surface area contributed by atoms with Crippen molar-refractivity contribution in [3.8, 4) is 5.75 Å². The van der Waals surface area contributed by atoms with Gasteiger partial charge in [0.1, 0.15) is 5.75 Å². The smallest absolute Gasteiger partial charge is 0.307 e. The van der Waals surface area contributed by atoms with Crippen LogP contribution in [-0.4, -0.2) is 55.8 Å². The van der Waals surface area contributed by atoms with Crippen LogP contribution in [0, 0.1) is 0 Å². The van der Waals surface area contributed by atoms with Crippen molar-refractivity contribution < 1.29 is 24.2 Å². The quantitative estimate of drug-likeness (QED) is 0.775. The summed E-state index contributed by atoms with van der Waals surface area (Å²) in [5.74, 6) is -1.01. The second kappa shape index (κ2) is 8.49. The van der Waals surface area contributed by atoms with Crippen LogP contribution in [-0.2, 0) is 14.3 Å². The van der Waals surface area contributed by atoms with E-state index in [1.165, 1.54) is 37.3 Å². The summed E-state index contributed by atoms with van der Waals surface area (Å²) in [6.07, 6.45) is 0.0697. The first kappa shape index (κ1) is 17.3. The minimum atomic E-state index is -0.412. The van der Waals surface area contributed by atoms with E-state index in [0.717, 1.165) is 0 Å². The van der Waals surface area contributed by atoms with Gasteiger partial charge in [-0.05, 0) is 18.2 Å². The molecule has 0 radical (unpaired) electrons. The maximum atomic E-state index is 12.4. The monoisotopic (exact) mass is 315 g/mol. The van der Waals surface area contributed by atoms with Gasteiger partial charge >= 0.3 is 5.97 Å². The van der Waals surface area contributed by atoms with Gasteiger partial charge in [-0.15, -0.1) is 0 Å². The molecule has 1 rings (SSSR count). The predicted molar refractivity (Wildman–Crippen MR) is 77.5 cm³/mol. The van der Waals surface area contributed by atoms with Crippen molar-refractivity contribution >= 4 is 23.5 Å². The molecule has 116 valence electrons. The highest BCUT2D eigenvalue weighted by Gasteiger charge is 2.20. The summed E-state index contributed by atoms with van der Waals surface area (Å²) < 4.78 is 9.50. The van der Waals surface area contributed by atoms with Crippen molar-refractivity contribution in [1.82, 2.24) is 4.90 Å². The summed E-state index contributed by atoms with van der Waals surface area (Å²) in [4.78, 5) is 25.0. The molecule has 0 aliphatic heterocycles. The molecular formula is C14H18ClNO5. The lowest BCUT2D eigenvalue weighted by Crippen LogP contribution is -2.35. The number of aromatic hydroxyl groups is 1. The van der Waals surface area contributed by atoms with Gasteiger partial charge in [-0.25, -0.2) is 0 Å². The van der Waals surface area contributed by atoms with Crippen LogP contribution in [0.5, 0.6) is 5.75 Å². The zero-order valence-corrected chi connectivity index (χ0v) is 12.7. The van der Waals surface area contributed by atoms with Crippen molar-refractivity contribution in [2.75, 3.05) is 33.9 Å². The zero-order chi connectivity index (χ0) is 15.8. The summed E-state index contributed by atoms with van der Waals surface area (Å²) >= 11 is 5.74. The van der Waals surface area contributed by atoms with E-state index in [9.17, 15) is 14.7 Å². The highest BCUT2D eigenvalue weighted by atomic mass is 35.5. The summed E-state index contributed by atoms with van der Waals surface area (Å²) in [6.45, 7) is 0.798. The molecule has 21 heavy (non-hydrogen) atoms. The largest absolute Gasteiger partial charge is 0.507 e. The minimum absolute atomic E-state index is 0.0697. The SMILES string of the molecule is COCCN(CCC(=O)OC)C(=O)c1ccc(Cl)cc1O. The second-order valence-electron chi connectivity index (χ2n) is 4.27. The molecule has 7 heteroatoms. The number of carbonyl (C=O) groups is 2. The molecule has 6 nitrogen and oxygen atoms in total. The number of hydrogen-bond donors (Lipinski definition) is 1. The minimum Gasteiger partial charge on any atom is -0.507 e. The number of phenolic OH excluding ortho intramolecular Hbond substituents is 1. The van der Waals surface area contributed by atoms with Gasteiger partial charge in [0, 0.05) is 25.2 Å². The third kappa shape index (κ3) is 5.24. The lowest BCUT2D eigenvalue weighted by atomic mass is 10.1. The van der Waals surface area contributed by atoms with E-state index in [2.05, 4.69) is 4.74 Å². The third-order valence-electron chi connectivity index (χ3n) is 2.86. The van der Waals surface area contributed by atoms with Gasteiger partial charge < -0.3 is 19.5 Å². The Kier molecular flexibility index (Phi) is 6.98. The molecule has 0 unspecified atom stereocenters. The molecule has 0 saturated heterocycles. The van der Waals surface area contributed by atoms with Gasteiger partial charge in [0.05, 0.1) is 25.7 Å². The van der Waals surface area contributed by atoms with Crippen LogP contribution in [0.3, 0.4) is 0 Å². The van der Waals surface area contributed by atoms with E-state index in [1.807, 2.05) is 0 Å². The fourth-order valence-electron chi connectivity index (χ4n) is 1.70. The Morgan fingerprint density at radius 2 is 2.00 bits per heavy atom. The van der Waals surface area contributed by atoms with E-state index in [0.29, 0.717) is 18.2 Å².